The summed E-state index contributed by atoms with van der Waals surface area (Å²) in [5.41, 5.74) is -2.06. The molecule has 15 nitrogen and oxygen atoms in total. The zero-order valence-electron chi connectivity index (χ0n) is 29.3. The molecule has 0 unspecified atom stereocenters. The van der Waals surface area contributed by atoms with Gasteiger partial charge in [-0.05, 0) is 83.6 Å². The molecule has 1 aromatic carbocycles. The molecule has 3 N–H and O–H groups in total. The number of benzene rings is 1. The largest absolute Gasteiger partial charge is 0.465 e. The highest BCUT2D eigenvalue weighted by Crippen LogP contribution is 2.46. The molecule has 2 aliphatic carbocycles. The number of rotatable bonds is 7. The lowest BCUT2D eigenvalue weighted by molar-refractivity contribution is -0.141. The van der Waals surface area contributed by atoms with Crippen molar-refractivity contribution >= 4 is 45.8 Å². The number of fused-ring (bicyclic) bond motifs is 2. The van der Waals surface area contributed by atoms with Crippen LogP contribution in [0.15, 0.2) is 36.4 Å². The van der Waals surface area contributed by atoms with Crippen molar-refractivity contribution in [1.29, 1.82) is 0 Å². The molecule has 2 aliphatic heterocycles. The predicted octanol–water partition coefficient (Wildman–Crippen LogP) is 2.50. The topological polar surface area (TPSA) is 204 Å². The molecule has 5 rings (SSSR count). The van der Waals surface area contributed by atoms with E-state index in [0.29, 0.717) is 25.7 Å². The summed E-state index contributed by atoms with van der Waals surface area (Å²) in [6.07, 6.45) is 5.79. The van der Waals surface area contributed by atoms with Crippen molar-refractivity contribution < 1.29 is 51.4 Å². The van der Waals surface area contributed by atoms with Crippen LogP contribution in [0.3, 0.4) is 0 Å². The van der Waals surface area contributed by atoms with E-state index in [1.165, 1.54) is 36.3 Å². The number of hydrogen-bond donors (Lipinski definition) is 3. The molecule has 0 radical (unpaired) electrons. The second kappa shape index (κ2) is 15.0. The molecule has 16 heteroatoms. The highest BCUT2D eigenvalue weighted by Gasteiger charge is 2.62. The van der Waals surface area contributed by atoms with Gasteiger partial charge in [-0.3, -0.25) is 19.1 Å². The summed E-state index contributed by atoms with van der Waals surface area (Å²) >= 11 is 0. The zero-order chi connectivity index (χ0) is 37.1. The van der Waals surface area contributed by atoms with E-state index < -0.39 is 86.3 Å². The van der Waals surface area contributed by atoms with Crippen LogP contribution in [0.2, 0.25) is 0 Å². The van der Waals surface area contributed by atoms with Crippen molar-refractivity contribution in [3.8, 4) is 0 Å². The summed E-state index contributed by atoms with van der Waals surface area (Å²) in [5, 5.41) is 4.77. The summed E-state index contributed by atoms with van der Waals surface area (Å²) in [7, 11) is -2.69. The van der Waals surface area contributed by atoms with E-state index >= 15 is 0 Å². The van der Waals surface area contributed by atoms with Crippen LogP contribution in [0.25, 0.3) is 0 Å². The van der Waals surface area contributed by atoms with E-state index in [-0.39, 0.29) is 36.9 Å². The van der Waals surface area contributed by atoms with E-state index in [2.05, 4.69) is 15.4 Å². The Kier molecular flexibility index (Phi) is 11.1. The van der Waals surface area contributed by atoms with Crippen molar-refractivity contribution in [2.75, 3.05) is 13.7 Å². The standard InChI is InChI=1S/C35H46N4O11S/c1-34(2,3)50-33(45)36-26-11-9-7-5-6-8-10-23-19-35(23,32(44)38-51(46,47)25-16-17-25)37-28(40)27-18-24(20-39(27)29(26)41)49-31(43)22-14-12-21(13-15-22)30(42)48-4/h8,10,12-15,23-27H,5-7,9,11,16-20H2,1-4H3,(H,36,45)(H,37,40)(H,38,44)/t23-,24-,26+,27+,35-/m1/s1. The van der Waals surface area contributed by atoms with Crippen molar-refractivity contribution in [2.24, 2.45) is 5.92 Å². The minimum Gasteiger partial charge on any atom is -0.465 e. The van der Waals surface area contributed by atoms with E-state index in [9.17, 15) is 37.2 Å². The number of nitrogens with zero attached hydrogens (tertiary/aromatic N) is 1. The molecular formula is C35H46N4O11S. The van der Waals surface area contributed by atoms with Gasteiger partial charge >= 0.3 is 18.0 Å². The van der Waals surface area contributed by atoms with Gasteiger partial charge in [-0.25, -0.2) is 22.8 Å². The lowest BCUT2D eigenvalue weighted by atomic mass is 10.0. The third-order valence-electron chi connectivity index (χ3n) is 9.35. The number of nitrogens with one attached hydrogen (secondary N) is 3. The molecule has 278 valence electrons. The highest BCUT2D eigenvalue weighted by atomic mass is 32.2. The van der Waals surface area contributed by atoms with E-state index in [1.54, 1.807) is 20.8 Å². The number of hydrogen-bond acceptors (Lipinski definition) is 11. The summed E-state index contributed by atoms with van der Waals surface area (Å²) in [6, 6.07) is 3.27. The van der Waals surface area contributed by atoms with Gasteiger partial charge < -0.3 is 29.7 Å². The summed E-state index contributed by atoms with van der Waals surface area (Å²) in [6.45, 7) is 4.87. The Balaban J connectivity index is 1.41. The minimum absolute atomic E-state index is 0.118. The SMILES string of the molecule is COC(=O)c1ccc(C(=O)O[C@@H]2C[C@H]3C(=O)N[C@]4(C(=O)NS(=O)(=O)C5CC5)C[C@H]4C=CCCCCC[C@H](NC(=O)OC(C)(C)C)C(=O)N3C2)cc1. The number of amides is 4. The maximum Gasteiger partial charge on any atom is 0.408 e. The van der Waals surface area contributed by atoms with Crippen LogP contribution in [-0.2, 0) is 38.6 Å². The second-order valence-corrected chi connectivity index (χ2v) is 16.5. The smallest absolute Gasteiger partial charge is 0.408 e. The molecule has 2 saturated carbocycles. The van der Waals surface area contributed by atoms with Gasteiger partial charge in [0.2, 0.25) is 21.8 Å². The number of alkyl carbamates (subject to hydrolysis) is 1. The van der Waals surface area contributed by atoms with Crippen LogP contribution in [0, 0.1) is 5.92 Å². The van der Waals surface area contributed by atoms with Crippen LogP contribution in [0.4, 0.5) is 4.79 Å². The Morgan fingerprint density at radius 1 is 0.961 bits per heavy atom. The summed E-state index contributed by atoms with van der Waals surface area (Å²) in [5.74, 6) is -4.00. The van der Waals surface area contributed by atoms with Crippen LogP contribution in [0.1, 0.15) is 99.3 Å². The predicted molar refractivity (Wildman–Crippen MR) is 182 cm³/mol. The second-order valence-electron chi connectivity index (χ2n) is 14.6. The summed E-state index contributed by atoms with van der Waals surface area (Å²) in [4.78, 5) is 81.0. The Morgan fingerprint density at radius 3 is 2.25 bits per heavy atom. The van der Waals surface area contributed by atoms with Gasteiger partial charge in [0.15, 0.2) is 0 Å². The van der Waals surface area contributed by atoms with Crippen LogP contribution in [-0.4, -0.2) is 97.3 Å². The quantitative estimate of drug-likeness (QED) is 0.211. The fourth-order valence-electron chi connectivity index (χ4n) is 6.38. The Labute approximate surface area is 297 Å². The minimum atomic E-state index is -3.92. The van der Waals surface area contributed by atoms with Gasteiger partial charge in [0.05, 0.1) is 30.0 Å². The van der Waals surface area contributed by atoms with E-state index in [0.717, 1.165) is 12.8 Å². The number of sulfonamides is 1. The van der Waals surface area contributed by atoms with Gasteiger partial charge in [-0.1, -0.05) is 25.0 Å². The number of methoxy groups -OCH3 is 1. The zero-order valence-corrected chi connectivity index (χ0v) is 30.1. The first-order chi connectivity index (χ1) is 24.0. The average Bonchev–Trinajstić information content (AvgIpc) is 3.99. The molecule has 0 aromatic heterocycles. The first-order valence-electron chi connectivity index (χ1n) is 17.3. The molecule has 0 spiro atoms. The Bertz CT molecular complexity index is 1680. The lowest BCUT2D eigenvalue weighted by Gasteiger charge is -2.30. The maximum absolute atomic E-state index is 14.2. The number of ether oxygens (including phenoxy) is 3. The molecule has 4 aliphatic rings. The molecule has 51 heavy (non-hydrogen) atoms. The molecule has 1 aromatic rings. The van der Waals surface area contributed by atoms with Crippen LogP contribution >= 0.6 is 0 Å². The van der Waals surface area contributed by atoms with Crippen molar-refractivity contribution in [1.82, 2.24) is 20.3 Å². The Morgan fingerprint density at radius 2 is 1.63 bits per heavy atom. The molecular weight excluding hydrogens is 684 g/mol. The number of carbonyl (C=O) groups is 6. The van der Waals surface area contributed by atoms with Gasteiger partial charge in [-0.2, -0.15) is 0 Å². The monoisotopic (exact) mass is 730 g/mol. The molecule has 2 heterocycles. The Hall–Kier alpha value is -4.47. The fourth-order valence-corrected chi connectivity index (χ4v) is 7.74. The van der Waals surface area contributed by atoms with E-state index in [4.69, 9.17) is 14.2 Å². The fraction of sp³-hybridized carbons (Fsp3) is 0.600. The number of carbonyl (C=O) groups excluding carboxylic acids is 6. The van der Waals surface area contributed by atoms with Gasteiger partial charge in [-0.15, -0.1) is 0 Å². The van der Waals surface area contributed by atoms with Crippen molar-refractivity contribution in [2.45, 2.75) is 113 Å². The van der Waals surface area contributed by atoms with E-state index in [1.807, 2.05) is 12.2 Å². The summed E-state index contributed by atoms with van der Waals surface area (Å²) < 4.78 is 43.5. The van der Waals surface area contributed by atoms with Gasteiger partial charge in [0.1, 0.15) is 29.3 Å². The van der Waals surface area contributed by atoms with Gasteiger partial charge in [0.25, 0.3) is 5.91 Å². The number of allylic oxidation sites excluding steroid dienone is 1. The van der Waals surface area contributed by atoms with Gasteiger partial charge in [0, 0.05) is 12.3 Å². The first kappa shape index (κ1) is 37.8. The van der Waals surface area contributed by atoms with Crippen LogP contribution in [0.5, 0.6) is 0 Å². The first-order valence-corrected chi connectivity index (χ1v) is 18.8. The molecule has 1 saturated heterocycles. The van der Waals surface area contributed by atoms with Crippen molar-refractivity contribution in [3.05, 3.63) is 47.5 Å². The normalized spacial score (nSPS) is 27.0. The number of esters is 2. The maximum atomic E-state index is 14.2. The molecule has 5 atom stereocenters. The highest BCUT2D eigenvalue weighted by molar-refractivity contribution is 7.91. The molecule has 4 amide bonds. The van der Waals surface area contributed by atoms with Crippen LogP contribution < -0.4 is 15.4 Å². The molecule has 3 fully saturated rings. The third kappa shape index (κ3) is 9.26. The average molecular weight is 731 g/mol. The molecule has 0 bridgehead atoms. The third-order valence-corrected chi connectivity index (χ3v) is 11.2. The lowest BCUT2D eigenvalue weighted by Crippen LogP contribution is -2.58. The van der Waals surface area contributed by atoms with Crippen molar-refractivity contribution in [3.63, 3.8) is 0 Å².